The second-order valence-corrected chi connectivity index (χ2v) is 8.03. The second-order valence-electron chi connectivity index (χ2n) is 8.03. The zero-order valence-electron chi connectivity index (χ0n) is 16.5. The number of nitrogens with zero attached hydrogens (tertiary/aromatic N) is 3. The van der Waals surface area contributed by atoms with Crippen LogP contribution < -0.4 is 10.6 Å². The molecule has 5 nitrogen and oxygen atoms in total. The van der Waals surface area contributed by atoms with Gasteiger partial charge in [0.15, 0.2) is 0 Å². The molecule has 0 unspecified atom stereocenters. The molecule has 4 rings (SSSR count). The van der Waals surface area contributed by atoms with Gasteiger partial charge in [0, 0.05) is 38.3 Å². The van der Waals surface area contributed by atoms with Crippen molar-refractivity contribution in [2.24, 2.45) is 11.7 Å². The van der Waals surface area contributed by atoms with E-state index in [1.54, 1.807) is 6.20 Å². The van der Waals surface area contributed by atoms with E-state index in [2.05, 4.69) is 34.1 Å². The summed E-state index contributed by atoms with van der Waals surface area (Å²) in [6.07, 6.45) is 6.78. The largest absolute Gasteiger partial charge is 0.357 e. The first-order chi connectivity index (χ1) is 13.8. The maximum absolute atomic E-state index is 13.1. The molecular formula is C23H30N4O. The van der Waals surface area contributed by atoms with Crippen molar-refractivity contribution < 1.29 is 4.79 Å². The van der Waals surface area contributed by atoms with Crippen molar-refractivity contribution in [3.8, 4) is 0 Å². The van der Waals surface area contributed by atoms with E-state index in [-0.39, 0.29) is 5.91 Å². The SMILES string of the molecule is NC[C@@H]1CN(C(=O)c2ccc(N3CCCCCC3)nc2)C[C@H]1c1ccccc1. The maximum atomic E-state index is 13.1. The first-order valence-corrected chi connectivity index (χ1v) is 10.5. The summed E-state index contributed by atoms with van der Waals surface area (Å²) in [5, 5.41) is 0. The summed E-state index contributed by atoms with van der Waals surface area (Å²) in [5.74, 6) is 1.66. The Morgan fingerprint density at radius 2 is 1.75 bits per heavy atom. The molecule has 0 aliphatic carbocycles. The smallest absolute Gasteiger partial charge is 0.255 e. The summed E-state index contributed by atoms with van der Waals surface area (Å²) >= 11 is 0. The van der Waals surface area contributed by atoms with Gasteiger partial charge in [-0.1, -0.05) is 43.2 Å². The number of amides is 1. The second kappa shape index (κ2) is 8.74. The molecule has 2 saturated heterocycles. The molecule has 0 spiro atoms. The molecule has 1 aromatic heterocycles. The van der Waals surface area contributed by atoms with Crippen LogP contribution >= 0.6 is 0 Å². The molecule has 1 aromatic carbocycles. The normalized spacial score (nSPS) is 22.9. The van der Waals surface area contributed by atoms with Crippen LogP contribution in [0.2, 0.25) is 0 Å². The number of carbonyl (C=O) groups excluding carboxylic acids is 1. The van der Waals surface area contributed by atoms with Crippen molar-refractivity contribution in [2.45, 2.75) is 31.6 Å². The van der Waals surface area contributed by atoms with E-state index in [0.717, 1.165) is 25.5 Å². The Bertz CT molecular complexity index is 769. The molecule has 5 heteroatoms. The van der Waals surface area contributed by atoms with Gasteiger partial charge in [-0.05, 0) is 43.0 Å². The number of rotatable bonds is 4. The third kappa shape index (κ3) is 4.04. The molecular weight excluding hydrogens is 348 g/mol. The summed E-state index contributed by atoms with van der Waals surface area (Å²) in [7, 11) is 0. The van der Waals surface area contributed by atoms with E-state index in [1.165, 1.54) is 31.2 Å². The Morgan fingerprint density at radius 1 is 1.00 bits per heavy atom. The summed E-state index contributed by atoms with van der Waals surface area (Å²) in [6, 6.07) is 14.3. The molecule has 1 amide bonds. The molecule has 2 atom stereocenters. The van der Waals surface area contributed by atoms with Crippen molar-refractivity contribution in [1.29, 1.82) is 0 Å². The van der Waals surface area contributed by atoms with Gasteiger partial charge in [0.2, 0.25) is 0 Å². The van der Waals surface area contributed by atoms with Crippen LogP contribution in [0.4, 0.5) is 5.82 Å². The number of pyridine rings is 1. The number of hydrogen-bond acceptors (Lipinski definition) is 4. The molecule has 2 aliphatic rings. The van der Waals surface area contributed by atoms with E-state index in [9.17, 15) is 4.79 Å². The Morgan fingerprint density at radius 3 is 2.39 bits per heavy atom. The minimum absolute atomic E-state index is 0.0618. The third-order valence-electron chi connectivity index (χ3n) is 6.18. The highest BCUT2D eigenvalue weighted by Crippen LogP contribution is 2.32. The molecule has 2 aromatic rings. The van der Waals surface area contributed by atoms with Crippen LogP contribution in [-0.4, -0.2) is 48.5 Å². The number of nitrogens with two attached hydrogens (primary N) is 1. The van der Waals surface area contributed by atoms with Gasteiger partial charge >= 0.3 is 0 Å². The van der Waals surface area contributed by atoms with Crippen LogP contribution in [0.25, 0.3) is 0 Å². The van der Waals surface area contributed by atoms with Gasteiger partial charge in [0.1, 0.15) is 5.82 Å². The Labute approximate surface area is 167 Å². The fourth-order valence-electron chi connectivity index (χ4n) is 4.54. The van der Waals surface area contributed by atoms with Crippen molar-refractivity contribution in [2.75, 3.05) is 37.6 Å². The quantitative estimate of drug-likeness (QED) is 0.887. The van der Waals surface area contributed by atoms with E-state index in [0.29, 0.717) is 30.5 Å². The van der Waals surface area contributed by atoms with Gasteiger partial charge in [-0.25, -0.2) is 4.98 Å². The number of aromatic nitrogens is 1. The number of benzene rings is 1. The van der Waals surface area contributed by atoms with Crippen LogP contribution in [0.3, 0.4) is 0 Å². The van der Waals surface area contributed by atoms with Crippen molar-refractivity contribution in [1.82, 2.24) is 9.88 Å². The number of hydrogen-bond donors (Lipinski definition) is 1. The van der Waals surface area contributed by atoms with Crippen LogP contribution in [-0.2, 0) is 0 Å². The number of likely N-dealkylation sites (tertiary alicyclic amines) is 1. The van der Waals surface area contributed by atoms with Gasteiger partial charge in [-0.3, -0.25) is 4.79 Å². The van der Waals surface area contributed by atoms with Crippen LogP contribution in [0.5, 0.6) is 0 Å². The molecule has 0 radical (unpaired) electrons. The molecule has 2 aliphatic heterocycles. The van der Waals surface area contributed by atoms with Gasteiger partial charge in [0.05, 0.1) is 5.56 Å². The lowest BCUT2D eigenvalue weighted by Gasteiger charge is -2.22. The summed E-state index contributed by atoms with van der Waals surface area (Å²) in [5.41, 5.74) is 7.96. The summed E-state index contributed by atoms with van der Waals surface area (Å²) in [4.78, 5) is 21.9. The van der Waals surface area contributed by atoms with E-state index >= 15 is 0 Å². The Kier molecular flexibility index (Phi) is 5.91. The van der Waals surface area contributed by atoms with E-state index in [1.807, 2.05) is 23.1 Å². The predicted octanol–water partition coefficient (Wildman–Crippen LogP) is 3.28. The van der Waals surface area contributed by atoms with Crippen molar-refractivity contribution in [3.05, 3.63) is 59.8 Å². The molecule has 0 saturated carbocycles. The number of anilines is 1. The molecule has 3 heterocycles. The first-order valence-electron chi connectivity index (χ1n) is 10.5. The molecule has 28 heavy (non-hydrogen) atoms. The van der Waals surface area contributed by atoms with Crippen molar-refractivity contribution >= 4 is 11.7 Å². The highest BCUT2D eigenvalue weighted by atomic mass is 16.2. The standard InChI is InChI=1S/C23H30N4O/c24-14-20-16-27(17-21(20)18-8-4-3-5-9-18)23(28)19-10-11-22(25-15-19)26-12-6-1-2-7-13-26/h3-5,8-11,15,20-21H,1-2,6-7,12-14,16-17,24H2/t20-,21+/m1/s1. The molecule has 148 valence electrons. The fraction of sp³-hybridized carbons (Fsp3) is 0.478. The van der Waals surface area contributed by atoms with Gasteiger partial charge in [0.25, 0.3) is 5.91 Å². The lowest BCUT2D eigenvalue weighted by molar-refractivity contribution is 0.0786. The average molecular weight is 379 g/mol. The zero-order valence-corrected chi connectivity index (χ0v) is 16.5. The average Bonchev–Trinajstić information content (AvgIpc) is 3.00. The molecule has 2 fully saturated rings. The Hall–Kier alpha value is -2.40. The summed E-state index contributed by atoms with van der Waals surface area (Å²) in [6.45, 7) is 4.14. The maximum Gasteiger partial charge on any atom is 0.255 e. The lowest BCUT2D eigenvalue weighted by Crippen LogP contribution is -2.30. The third-order valence-corrected chi connectivity index (χ3v) is 6.18. The monoisotopic (exact) mass is 378 g/mol. The Balaban J connectivity index is 1.45. The number of carbonyl (C=O) groups is 1. The lowest BCUT2D eigenvalue weighted by atomic mass is 9.89. The highest BCUT2D eigenvalue weighted by Gasteiger charge is 2.35. The minimum atomic E-state index is 0.0618. The fourth-order valence-corrected chi connectivity index (χ4v) is 4.54. The van der Waals surface area contributed by atoms with Crippen molar-refractivity contribution in [3.63, 3.8) is 0 Å². The van der Waals surface area contributed by atoms with Crippen LogP contribution in [0, 0.1) is 5.92 Å². The van der Waals surface area contributed by atoms with E-state index in [4.69, 9.17) is 5.73 Å². The van der Waals surface area contributed by atoms with Gasteiger partial charge < -0.3 is 15.5 Å². The molecule has 2 N–H and O–H groups in total. The molecule has 0 bridgehead atoms. The van der Waals surface area contributed by atoms with Gasteiger partial charge in [-0.2, -0.15) is 0 Å². The summed E-state index contributed by atoms with van der Waals surface area (Å²) < 4.78 is 0. The predicted molar refractivity (Wildman–Crippen MR) is 113 cm³/mol. The topological polar surface area (TPSA) is 62.5 Å². The van der Waals surface area contributed by atoms with Crippen LogP contribution in [0.1, 0.15) is 47.5 Å². The zero-order chi connectivity index (χ0) is 19.3. The minimum Gasteiger partial charge on any atom is -0.357 e. The van der Waals surface area contributed by atoms with E-state index < -0.39 is 0 Å². The van der Waals surface area contributed by atoms with Gasteiger partial charge in [-0.15, -0.1) is 0 Å². The first kappa shape index (κ1) is 18.9. The highest BCUT2D eigenvalue weighted by molar-refractivity contribution is 5.94. The van der Waals surface area contributed by atoms with Crippen LogP contribution in [0.15, 0.2) is 48.7 Å².